The van der Waals surface area contributed by atoms with E-state index in [1.165, 1.54) is 18.2 Å². The van der Waals surface area contributed by atoms with Crippen molar-refractivity contribution in [2.45, 2.75) is 6.92 Å². The van der Waals surface area contributed by atoms with Gasteiger partial charge in [0.05, 0.1) is 0 Å². The Labute approximate surface area is 91.6 Å². The number of carbonyl (C=O) groups is 1. The molecule has 0 spiro atoms. The molecule has 0 aliphatic heterocycles. The maximum absolute atomic E-state index is 12.9. The highest BCUT2D eigenvalue weighted by molar-refractivity contribution is 7.80. The van der Waals surface area contributed by atoms with Crippen LogP contribution in [0.2, 0.25) is 0 Å². The summed E-state index contributed by atoms with van der Waals surface area (Å²) in [5.74, 6) is -0.778. The van der Waals surface area contributed by atoms with E-state index in [9.17, 15) is 9.18 Å². The van der Waals surface area contributed by atoms with Gasteiger partial charge in [0.2, 0.25) is 0 Å². The van der Waals surface area contributed by atoms with Crippen LogP contribution in [0.15, 0.2) is 18.2 Å². The van der Waals surface area contributed by atoms with E-state index in [0.29, 0.717) is 11.1 Å². The van der Waals surface area contributed by atoms with E-state index in [4.69, 9.17) is 5.73 Å². The summed E-state index contributed by atoms with van der Waals surface area (Å²) in [6.45, 7) is 1.58. The predicted octanol–water partition coefficient (Wildman–Crippen LogP) is 0.612. The van der Waals surface area contributed by atoms with Gasteiger partial charge in [-0.2, -0.15) is 0 Å². The Kier molecular flexibility index (Phi) is 3.56. The first-order valence-electron chi connectivity index (χ1n) is 4.12. The summed E-state index contributed by atoms with van der Waals surface area (Å²) in [7, 11) is 0. The van der Waals surface area contributed by atoms with Gasteiger partial charge in [0.1, 0.15) is 5.82 Å². The smallest absolute Gasteiger partial charge is 0.269 e. The Morgan fingerprint density at radius 3 is 2.67 bits per heavy atom. The molecular formula is C9H10FN3OS. The molecule has 1 aromatic rings. The van der Waals surface area contributed by atoms with Gasteiger partial charge in [-0.3, -0.25) is 15.6 Å². The largest absolute Gasteiger partial charge is 0.375 e. The SMILES string of the molecule is Cc1cc(C(=O)NNC(N)=S)ccc1F. The third kappa shape index (κ3) is 3.17. The van der Waals surface area contributed by atoms with Crippen LogP contribution < -0.4 is 16.6 Å². The fourth-order valence-electron chi connectivity index (χ4n) is 0.976. The van der Waals surface area contributed by atoms with E-state index < -0.39 is 5.91 Å². The van der Waals surface area contributed by atoms with Crippen molar-refractivity contribution in [3.8, 4) is 0 Å². The second-order valence-corrected chi connectivity index (χ2v) is 3.35. The molecule has 0 aliphatic carbocycles. The zero-order valence-electron chi connectivity index (χ0n) is 8.00. The number of carbonyl (C=O) groups excluding carboxylic acids is 1. The molecule has 0 heterocycles. The van der Waals surface area contributed by atoms with Crippen LogP contribution in [0.4, 0.5) is 4.39 Å². The highest BCUT2D eigenvalue weighted by Gasteiger charge is 2.06. The molecule has 0 atom stereocenters. The quantitative estimate of drug-likeness (QED) is 0.486. The number of hydrogen-bond donors (Lipinski definition) is 3. The zero-order valence-corrected chi connectivity index (χ0v) is 8.82. The number of rotatable bonds is 1. The molecule has 15 heavy (non-hydrogen) atoms. The first kappa shape index (κ1) is 11.4. The average Bonchev–Trinajstić information content (AvgIpc) is 2.18. The summed E-state index contributed by atoms with van der Waals surface area (Å²) in [6, 6.07) is 4.04. The molecule has 0 unspecified atom stereocenters. The van der Waals surface area contributed by atoms with Gasteiger partial charge < -0.3 is 5.73 Å². The molecule has 0 saturated carbocycles. The van der Waals surface area contributed by atoms with Crippen molar-refractivity contribution in [1.82, 2.24) is 10.9 Å². The Morgan fingerprint density at radius 1 is 1.47 bits per heavy atom. The van der Waals surface area contributed by atoms with Gasteiger partial charge in [0.25, 0.3) is 5.91 Å². The lowest BCUT2D eigenvalue weighted by Crippen LogP contribution is -2.44. The van der Waals surface area contributed by atoms with Crippen molar-refractivity contribution in [3.05, 3.63) is 35.1 Å². The predicted molar refractivity (Wildman–Crippen MR) is 58.5 cm³/mol. The molecule has 80 valence electrons. The minimum absolute atomic E-state index is 0.0396. The topological polar surface area (TPSA) is 67.2 Å². The summed E-state index contributed by atoms with van der Waals surface area (Å²) < 4.78 is 12.9. The third-order valence-electron chi connectivity index (χ3n) is 1.72. The van der Waals surface area contributed by atoms with Crippen LogP contribution in [0, 0.1) is 12.7 Å². The number of hydrogen-bond acceptors (Lipinski definition) is 2. The molecule has 0 aromatic heterocycles. The van der Waals surface area contributed by atoms with Crippen LogP contribution in [0.3, 0.4) is 0 Å². The van der Waals surface area contributed by atoms with Crippen molar-refractivity contribution in [2.75, 3.05) is 0 Å². The van der Waals surface area contributed by atoms with Crippen molar-refractivity contribution < 1.29 is 9.18 Å². The standard InChI is InChI=1S/C9H10FN3OS/c1-5-4-6(2-3-7(5)10)8(14)12-13-9(11)15/h2-4H,1H3,(H,12,14)(H3,11,13,15). The molecule has 0 aliphatic rings. The van der Waals surface area contributed by atoms with Gasteiger partial charge in [0, 0.05) is 5.56 Å². The lowest BCUT2D eigenvalue weighted by atomic mass is 10.1. The Morgan fingerprint density at radius 2 is 2.13 bits per heavy atom. The van der Waals surface area contributed by atoms with Crippen LogP contribution in [-0.2, 0) is 0 Å². The summed E-state index contributed by atoms with van der Waals surface area (Å²) in [5.41, 5.74) is 10.4. The molecule has 0 fully saturated rings. The summed E-state index contributed by atoms with van der Waals surface area (Å²) in [4.78, 5) is 11.4. The maximum Gasteiger partial charge on any atom is 0.269 e. The molecular weight excluding hydrogens is 217 g/mol. The Hall–Kier alpha value is -1.69. The number of nitrogens with two attached hydrogens (primary N) is 1. The number of halogens is 1. The van der Waals surface area contributed by atoms with Gasteiger partial charge in [0.15, 0.2) is 5.11 Å². The van der Waals surface area contributed by atoms with Crippen molar-refractivity contribution in [3.63, 3.8) is 0 Å². The normalized spacial score (nSPS) is 9.47. The zero-order chi connectivity index (χ0) is 11.4. The second kappa shape index (κ2) is 4.70. The number of nitrogens with one attached hydrogen (secondary N) is 2. The first-order valence-corrected chi connectivity index (χ1v) is 4.53. The Bertz CT molecular complexity index is 408. The second-order valence-electron chi connectivity index (χ2n) is 2.91. The van der Waals surface area contributed by atoms with Crippen molar-refractivity contribution in [2.24, 2.45) is 5.73 Å². The van der Waals surface area contributed by atoms with Gasteiger partial charge in [-0.1, -0.05) is 0 Å². The van der Waals surface area contributed by atoms with E-state index in [2.05, 4.69) is 23.1 Å². The number of hydrazine groups is 1. The molecule has 0 radical (unpaired) electrons. The maximum atomic E-state index is 12.9. The highest BCUT2D eigenvalue weighted by Crippen LogP contribution is 2.08. The van der Waals surface area contributed by atoms with E-state index in [0.717, 1.165) is 0 Å². The van der Waals surface area contributed by atoms with Crippen LogP contribution in [0.1, 0.15) is 15.9 Å². The fraction of sp³-hybridized carbons (Fsp3) is 0.111. The highest BCUT2D eigenvalue weighted by atomic mass is 32.1. The summed E-state index contributed by atoms with van der Waals surface area (Å²) in [5, 5.41) is -0.0396. The van der Waals surface area contributed by atoms with Gasteiger partial charge >= 0.3 is 0 Å². The minimum Gasteiger partial charge on any atom is -0.375 e. The molecule has 0 bridgehead atoms. The average molecular weight is 227 g/mol. The molecule has 4 N–H and O–H groups in total. The number of amides is 1. The lowest BCUT2D eigenvalue weighted by Gasteiger charge is -2.06. The van der Waals surface area contributed by atoms with E-state index in [-0.39, 0.29) is 10.9 Å². The van der Waals surface area contributed by atoms with Gasteiger partial charge in [-0.25, -0.2) is 4.39 Å². The molecule has 1 aromatic carbocycles. The lowest BCUT2D eigenvalue weighted by molar-refractivity contribution is 0.0944. The first-order chi connectivity index (χ1) is 7.00. The van der Waals surface area contributed by atoms with Crippen LogP contribution in [0.5, 0.6) is 0 Å². The van der Waals surface area contributed by atoms with E-state index >= 15 is 0 Å². The Balaban J connectivity index is 2.74. The van der Waals surface area contributed by atoms with Gasteiger partial charge in [-0.15, -0.1) is 0 Å². The van der Waals surface area contributed by atoms with Crippen LogP contribution >= 0.6 is 12.2 Å². The monoisotopic (exact) mass is 227 g/mol. The fourth-order valence-corrected chi connectivity index (χ4v) is 1.03. The molecule has 0 saturated heterocycles. The van der Waals surface area contributed by atoms with Crippen LogP contribution in [-0.4, -0.2) is 11.0 Å². The van der Waals surface area contributed by atoms with Crippen LogP contribution in [0.25, 0.3) is 0 Å². The number of benzene rings is 1. The summed E-state index contributed by atoms with van der Waals surface area (Å²) >= 11 is 4.50. The molecule has 1 amide bonds. The van der Waals surface area contributed by atoms with Crippen molar-refractivity contribution >= 4 is 23.2 Å². The molecule has 4 nitrogen and oxygen atoms in total. The number of aryl methyl sites for hydroxylation is 1. The minimum atomic E-state index is -0.425. The van der Waals surface area contributed by atoms with Crippen molar-refractivity contribution in [1.29, 1.82) is 0 Å². The number of thiocarbonyl (C=S) groups is 1. The molecule has 6 heteroatoms. The summed E-state index contributed by atoms with van der Waals surface area (Å²) in [6.07, 6.45) is 0. The molecule has 1 rings (SSSR count). The van der Waals surface area contributed by atoms with Gasteiger partial charge in [-0.05, 0) is 42.9 Å². The third-order valence-corrected chi connectivity index (χ3v) is 1.82. The van der Waals surface area contributed by atoms with E-state index in [1.54, 1.807) is 6.92 Å². The van der Waals surface area contributed by atoms with E-state index in [1.807, 2.05) is 0 Å².